The number of aliphatic hydroxyl groups excluding tert-OH is 1. The molecule has 1 amide bonds. The minimum absolute atomic E-state index is 0.0965. The van der Waals surface area contributed by atoms with Gasteiger partial charge in [-0.1, -0.05) is 0 Å². The molecule has 0 aromatic rings. The number of likely N-dealkylation sites (tertiary alicyclic amines) is 1. The normalized spacial score (nSPS) is 27.4. The van der Waals surface area contributed by atoms with Crippen LogP contribution in [-0.2, 0) is 4.74 Å². The molecule has 0 unspecified atom stereocenters. The fraction of sp³-hybridized carbons (Fsp3) is 0.909. The predicted molar refractivity (Wildman–Crippen MR) is 57.9 cm³/mol. The summed E-state index contributed by atoms with van der Waals surface area (Å²) >= 11 is 0. The molecular weight excluding hydrogens is 213 g/mol. The lowest BCUT2D eigenvalue weighted by Crippen LogP contribution is -2.40. The van der Waals surface area contributed by atoms with Crippen molar-refractivity contribution in [3.05, 3.63) is 0 Å². The van der Waals surface area contributed by atoms with Crippen molar-refractivity contribution in [3.8, 4) is 0 Å². The minimum atomic E-state index is -1.04. The van der Waals surface area contributed by atoms with Crippen LogP contribution in [0.3, 0.4) is 0 Å². The average Bonchev–Trinajstić information content (AvgIpc) is 2.23. The Hall–Kier alpha value is -0.840. The maximum atomic E-state index is 13.1. The average molecular weight is 233 g/mol. The summed E-state index contributed by atoms with van der Waals surface area (Å²) in [7, 11) is 0. The first-order valence-electron chi connectivity index (χ1n) is 5.58. The molecule has 0 radical (unpaired) electrons. The Balaban J connectivity index is 2.55. The van der Waals surface area contributed by atoms with Crippen molar-refractivity contribution in [3.63, 3.8) is 0 Å². The van der Waals surface area contributed by atoms with Gasteiger partial charge in [0, 0.05) is 13.0 Å². The van der Waals surface area contributed by atoms with Crippen LogP contribution in [0.2, 0.25) is 0 Å². The number of nitrogens with zero attached hydrogens (tertiary/aromatic N) is 1. The van der Waals surface area contributed by atoms with Crippen LogP contribution in [-0.4, -0.2) is 47.1 Å². The van der Waals surface area contributed by atoms with Gasteiger partial charge in [0.05, 0.1) is 12.6 Å². The Morgan fingerprint density at radius 2 is 2.12 bits per heavy atom. The number of β-amino-alcohol motifs (C(OH)–C–C–N with tert-alkyl or cyclic N) is 1. The molecule has 1 N–H and O–H groups in total. The molecule has 1 aliphatic rings. The molecule has 0 aliphatic carbocycles. The van der Waals surface area contributed by atoms with E-state index in [1.165, 1.54) is 4.90 Å². The molecule has 16 heavy (non-hydrogen) atoms. The van der Waals surface area contributed by atoms with E-state index in [4.69, 9.17) is 4.74 Å². The van der Waals surface area contributed by atoms with Crippen molar-refractivity contribution in [2.75, 3.05) is 13.1 Å². The lowest BCUT2D eigenvalue weighted by atomic mass is 10.1. The minimum Gasteiger partial charge on any atom is -0.444 e. The first-order valence-corrected chi connectivity index (χ1v) is 5.58. The summed E-state index contributed by atoms with van der Waals surface area (Å²) in [5.41, 5.74) is -0.566. The third kappa shape index (κ3) is 4.35. The monoisotopic (exact) mass is 233 g/mol. The number of alkyl halides is 1. The molecule has 1 aliphatic heterocycles. The van der Waals surface area contributed by atoms with Gasteiger partial charge in [0.1, 0.15) is 11.8 Å². The summed E-state index contributed by atoms with van der Waals surface area (Å²) in [4.78, 5) is 13.1. The third-order valence-electron chi connectivity index (χ3n) is 2.32. The zero-order valence-corrected chi connectivity index (χ0v) is 10.1. The van der Waals surface area contributed by atoms with E-state index in [1.807, 2.05) is 0 Å². The van der Waals surface area contributed by atoms with E-state index in [2.05, 4.69) is 0 Å². The molecule has 1 rings (SSSR count). The fourth-order valence-corrected chi connectivity index (χ4v) is 1.62. The van der Waals surface area contributed by atoms with Gasteiger partial charge in [-0.3, -0.25) is 0 Å². The van der Waals surface area contributed by atoms with Gasteiger partial charge < -0.3 is 14.7 Å². The molecule has 0 bridgehead atoms. The lowest BCUT2D eigenvalue weighted by molar-refractivity contribution is 0.0172. The molecule has 5 heteroatoms. The van der Waals surface area contributed by atoms with Crippen LogP contribution in [0.1, 0.15) is 33.6 Å². The number of rotatable bonds is 0. The highest BCUT2D eigenvalue weighted by Gasteiger charge is 2.28. The SMILES string of the molecule is CC(C)(C)OC(=O)N1CC[C@H](F)C[C@@H](O)C1. The lowest BCUT2D eigenvalue weighted by Gasteiger charge is -2.27. The van der Waals surface area contributed by atoms with Gasteiger partial charge in [0.25, 0.3) is 0 Å². The van der Waals surface area contributed by atoms with E-state index in [0.717, 1.165) is 0 Å². The van der Waals surface area contributed by atoms with Crippen molar-refractivity contribution < 1.29 is 19.0 Å². The second kappa shape index (κ2) is 4.99. The highest BCUT2D eigenvalue weighted by atomic mass is 19.1. The zero-order chi connectivity index (χ0) is 12.3. The largest absolute Gasteiger partial charge is 0.444 e. The Bertz CT molecular complexity index is 252. The number of hydrogen-bond acceptors (Lipinski definition) is 3. The number of hydrogen-bond donors (Lipinski definition) is 1. The predicted octanol–water partition coefficient (Wildman–Crippen LogP) is 1.72. The quantitative estimate of drug-likeness (QED) is 0.693. The van der Waals surface area contributed by atoms with Gasteiger partial charge in [0.2, 0.25) is 0 Å². The summed E-state index contributed by atoms with van der Waals surface area (Å²) in [6.07, 6.45) is -1.97. The topological polar surface area (TPSA) is 49.8 Å². The van der Waals surface area contributed by atoms with Gasteiger partial charge in [-0.05, 0) is 27.2 Å². The number of ether oxygens (including phenoxy) is 1. The molecule has 94 valence electrons. The van der Waals surface area contributed by atoms with Crippen LogP contribution in [0.5, 0.6) is 0 Å². The van der Waals surface area contributed by atoms with Crippen LogP contribution in [0, 0.1) is 0 Å². The number of carbonyl (C=O) groups is 1. The van der Waals surface area contributed by atoms with Crippen LogP contribution in [0.15, 0.2) is 0 Å². The summed E-state index contributed by atoms with van der Waals surface area (Å²) in [5.74, 6) is 0. The third-order valence-corrected chi connectivity index (χ3v) is 2.32. The van der Waals surface area contributed by atoms with Crippen molar-refractivity contribution in [1.29, 1.82) is 0 Å². The molecule has 1 heterocycles. The van der Waals surface area contributed by atoms with Crippen LogP contribution < -0.4 is 0 Å². The second-order valence-corrected chi connectivity index (χ2v) is 5.20. The fourth-order valence-electron chi connectivity index (χ4n) is 1.62. The van der Waals surface area contributed by atoms with Gasteiger partial charge >= 0.3 is 6.09 Å². The van der Waals surface area contributed by atoms with Crippen LogP contribution >= 0.6 is 0 Å². The smallest absolute Gasteiger partial charge is 0.410 e. The van der Waals surface area contributed by atoms with E-state index in [0.29, 0.717) is 6.54 Å². The van der Waals surface area contributed by atoms with Gasteiger partial charge in [-0.25, -0.2) is 9.18 Å². The molecule has 4 nitrogen and oxygen atoms in total. The Morgan fingerprint density at radius 3 is 2.69 bits per heavy atom. The van der Waals surface area contributed by atoms with E-state index >= 15 is 0 Å². The second-order valence-electron chi connectivity index (χ2n) is 5.20. The first kappa shape index (κ1) is 13.2. The molecule has 0 aromatic carbocycles. The van der Waals surface area contributed by atoms with Crippen molar-refractivity contribution >= 4 is 6.09 Å². The van der Waals surface area contributed by atoms with E-state index in [-0.39, 0.29) is 19.4 Å². The summed E-state index contributed by atoms with van der Waals surface area (Å²) < 4.78 is 18.3. The van der Waals surface area contributed by atoms with E-state index in [9.17, 15) is 14.3 Å². The zero-order valence-electron chi connectivity index (χ0n) is 10.1. The molecule has 0 saturated carbocycles. The molecule has 0 spiro atoms. The van der Waals surface area contributed by atoms with Gasteiger partial charge in [-0.15, -0.1) is 0 Å². The summed E-state index contributed by atoms with van der Waals surface area (Å²) in [6, 6.07) is 0. The Kier molecular flexibility index (Phi) is 4.13. The Labute approximate surface area is 95.4 Å². The Morgan fingerprint density at radius 1 is 1.50 bits per heavy atom. The summed E-state index contributed by atoms with van der Waals surface area (Å²) in [5, 5.41) is 9.49. The van der Waals surface area contributed by atoms with Crippen LogP contribution in [0.25, 0.3) is 0 Å². The highest BCUT2D eigenvalue weighted by molar-refractivity contribution is 5.68. The van der Waals surface area contributed by atoms with Crippen LogP contribution in [0.4, 0.5) is 9.18 Å². The maximum absolute atomic E-state index is 13.1. The number of aliphatic hydroxyl groups is 1. The number of halogens is 1. The van der Waals surface area contributed by atoms with Crippen molar-refractivity contribution in [1.82, 2.24) is 4.90 Å². The molecule has 2 atom stereocenters. The van der Waals surface area contributed by atoms with Crippen molar-refractivity contribution in [2.24, 2.45) is 0 Å². The van der Waals surface area contributed by atoms with E-state index in [1.54, 1.807) is 20.8 Å². The first-order chi connectivity index (χ1) is 7.28. The standard InChI is InChI=1S/C11H20FNO3/c1-11(2,3)16-10(15)13-5-4-8(12)6-9(14)7-13/h8-9,14H,4-7H2,1-3H3/t8-,9+/m0/s1. The molecule has 1 fully saturated rings. The molecule has 1 saturated heterocycles. The number of amides is 1. The number of carbonyl (C=O) groups excluding carboxylic acids is 1. The summed E-state index contributed by atoms with van der Waals surface area (Å²) in [6.45, 7) is 5.77. The molecular formula is C11H20FNO3. The maximum Gasteiger partial charge on any atom is 0.410 e. The highest BCUT2D eigenvalue weighted by Crippen LogP contribution is 2.17. The van der Waals surface area contributed by atoms with Gasteiger partial charge in [-0.2, -0.15) is 0 Å². The van der Waals surface area contributed by atoms with E-state index < -0.39 is 24.0 Å². The van der Waals surface area contributed by atoms with Crippen molar-refractivity contribution in [2.45, 2.75) is 51.5 Å². The van der Waals surface area contributed by atoms with Gasteiger partial charge in [0.15, 0.2) is 0 Å². The molecule has 0 aromatic heterocycles.